The molecule has 9 heavy (non-hydrogen) atoms. The molecule has 5 heteroatoms. The molecule has 0 aliphatic rings. The van der Waals surface area contributed by atoms with Crippen LogP contribution >= 0.6 is 24.8 Å². The summed E-state index contributed by atoms with van der Waals surface area (Å²) in [6, 6.07) is 0. The van der Waals surface area contributed by atoms with Crippen molar-refractivity contribution in [2.45, 2.75) is 13.3 Å². The lowest BCUT2D eigenvalue weighted by atomic mass is 10.5. The van der Waals surface area contributed by atoms with Crippen molar-refractivity contribution >= 4 is 30.7 Å². The minimum atomic E-state index is 0. The zero-order chi connectivity index (χ0) is 5.70. The number of amides is 1. The van der Waals surface area contributed by atoms with E-state index in [1.165, 1.54) is 0 Å². The minimum Gasteiger partial charge on any atom is -0.292 e. The first kappa shape index (κ1) is 16.0. The van der Waals surface area contributed by atoms with E-state index in [0.29, 0.717) is 6.42 Å². The second-order valence-electron chi connectivity index (χ2n) is 1.15. The van der Waals surface area contributed by atoms with Gasteiger partial charge in [-0.15, -0.1) is 24.8 Å². The largest absolute Gasteiger partial charge is 0.292 e. The number of halogens is 2. The smallest absolute Gasteiger partial charge is 0.233 e. The van der Waals surface area contributed by atoms with Gasteiger partial charge in [-0.1, -0.05) is 6.92 Å². The molecule has 0 atom stereocenters. The molecule has 0 spiro atoms. The van der Waals surface area contributed by atoms with Crippen molar-refractivity contribution in [3.63, 3.8) is 0 Å². The first-order valence-corrected chi connectivity index (χ1v) is 2.26. The number of hydrogen-bond donors (Lipinski definition) is 2. The van der Waals surface area contributed by atoms with Gasteiger partial charge in [0.2, 0.25) is 5.91 Å². The highest BCUT2D eigenvalue weighted by molar-refractivity contribution is 5.85. The zero-order valence-corrected chi connectivity index (χ0v) is 7.06. The van der Waals surface area contributed by atoms with Crippen LogP contribution in [0.5, 0.6) is 0 Å². The molecule has 0 radical (unpaired) electrons. The maximum atomic E-state index is 10.2. The van der Waals surface area contributed by atoms with E-state index in [1.54, 1.807) is 14.0 Å². The van der Waals surface area contributed by atoms with Gasteiger partial charge in [0.15, 0.2) is 0 Å². The Morgan fingerprint density at radius 3 is 2.00 bits per heavy atom. The second kappa shape index (κ2) is 10.9. The van der Waals surface area contributed by atoms with Crippen LogP contribution in [0.1, 0.15) is 13.3 Å². The predicted molar refractivity (Wildman–Crippen MR) is 42.0 cm³/mol. The van der Waals surface area contributed by atoms with Gasteiger partial charge >= 0.3 is 0 Å². The number of hydrazine groups is 1. The fourth-order valence-corrected chi connectivity index (χ4v) is 0.228. The first-order valence-electron chi connectivity index (χ1n) is 2.26. The molecule has 0 heterocycles. The third-order valence-electron chi connectivity index (χ3n) is 0.586. The Kier molecular flexibility index (Phi) is 19.4. The van der Waals surface area contributed by atoms with Gasteiger partial charge in [0.25, 0.3) is 0 Å². The lowest BCUT2D eigenvalue weighted by molar-refractivity contribution is -0.121. The van der Waals surface area contributed by atoms with Crippen molar-refractivity contribution in [2.24, 2.45) is 0 Å². The standard InChI is InChI=1S/C4H10N2O.2ClH/c1-3-4(7)6-5-2;;/h5H,3H2,1-2H3,(H,6,7);2*1H. The van der Waals surface area contributed by atoms with Crippen LogP contribution in [0.4, 0.5) is 0 Å². The van der Waals surface area contributed by atoms with Crippen molar-refractivity contribution in [3.8, 4) is 0 Å². The SMILES string of the molecule is CCC(=O)NNC.Cl.Cl. The average Bonchev–Trinajstić information content (AvgIpc) is 1.68. The summed E-state index contributed by atoms with van der Waals surface area (Å²) in [4.78, 5) is 10.2. The van der Waals surface area contributed by atoms with Crippen molar-refractivity contribution in [2.75, 3.05) is 7.05 Å². The van der Waals surface area contributed by atoms with Gasteiger partial charge in [-0.25, -0.2) is 5.43 Å². The van der Waals surface area contributed by atoms with Gasteiger partial charge < -0.3 is 0 Å². The highest BCUT2D eigenvalue weighted by Crippen LogP contribution is 1.68. The lowest BCUT2D eigenvalue weighted by Crippen LogP contribution is -2.33. The number of rotatable bonds is 2. The summed E-state index contributed by atoms with van der Waals surface area (Å²) in [5, 5.41) is 0. The van der Waals surface area contributed by atoms with E-state index in [9.17, 15) is 4.79 Å². The Morgan fingerprint density at radius 1 is 1.44 bits per heavy atom. The van der Waals surface area contributed by atoms with Crippen LogP contribution < -0.4 is 10.9 Å². The first-order chi connectivity index (χ1) is 3.31. The topological polar surface area (TPSA) is 41.1 Å². The van der Waals surface area contributed by atoms with Gasteiger partial charge in [-0.05, 0) is 0 Å². The Balaban J connectivity index is -0.000000180. The Labute approximate surface area is 67.4 Å². The quantitative estimate of drug-likeness (QED) is 0.599. The molecule has 3 nitrogen and oxygen atoms in total. The van der Waals surface area contributed by atoms with Gasteiger partial charge in [-0.2, -0.15) is 0 Å². The summed E-state index contributed by atoms with van der Waals surface area (Å²) in [5.74, 6) is 0.0162. The summed E-state index contributed by atoms with van der Waals surface area (Å²) in [6.45, 7) is 1.80. The maximum absolute atomic E-state index is 10.2. The molecule has 0 aromatic rings. The highest BCUT2D eigenvalue weighted by atomic mass is 35.5. The highest BCUT2D eigenvalue weighted by Gasteiger charge is 1.88. The van der Waals surface area contributed by atoms with Crippen LogP contribution in [0.3, 0.4) is 0 Å². The molecule has 58 valence electrons. The van der Waals surface area contributed by atoms with Gasteiger partial charge in [0.05, 0.1) is 0 Å². The molecule has 0 saturated heterocycles. The van der Waals surface area contributed by atoms with Gasteiger partial charge in [-0.3, -0.25) is 10.2 Å². The van der Waals surface area contributed by atoms with E-state index in [4.69, 9.17) is 0 Å². The van der Waals surface area contributed by atoms with E-state index in [1.807, 2.05) is 0 Å². The summed E-state index contributed by atoms with van der Waals surface area (Å²) in [5.41, 5.74) is 4.93. The molecule has 0 bridgehead atoms. The Morgan fingerprint density at radius 2 is 1.89 bits per heavy atom. The van der Waals surface area contributed by atoms with E-state index in [0.717, 1.165) is 0 Å². The average molecular weight is 175 g/mol. The molecular weight excluding hydrogens is 163 g/mol. The second-order valence-corrected chi connectivity index (χ2v) is 1.15. The molecular formula is C4H12Cl2N2O. The number of carbonyl (C=O) groups excluding carboxylic acids is 1. The van der Waals surface area contributed by atoms with Crippen LogP contribution in [0.25, 0.3) is 0 Å². The summed E-state index contributed by atoms with van der Waals surface area (Å²) >= 11 is 0. The van der Waals surface area contributed by atoms with Crippen molar-refractivity contribution in [1.29, 1.82) is 0 Å². The number of carbonyl (C=O) groups is 1. The summed E-state index contributed by atoms with van der Waals surface area (Å²) in [7, 11) is 1.66. The molecule has 0 rings (SSSR count). The minimum absolute atomic E-state index is 0. The predicted octanol–water partition coefficient (Wildman–Crippen LogP) is 0.491. The zero-order valence-electron chi connectivity index (χ0n) is 5.43. The van der Waals surface area contributed by atoms with Crippen LogP contribution in [0.15, 0.2) is 0 Å². The fourth-order valence-electron chi connectivity index (χ4n) is 0.228. The summed E-state index contributed by atoms with van der Waals surface area (Å²) < 4.78 is 0. The molecule has 2 N–H and O–H groups in total. The molecule has 0 saturated carbocycles. The molecule has 0 aliphatic heterocycles. The van der Waals surface area contributed by atoms with Gasteiger partial charge in [0, 0.05) is 13.5 Å². The van der Waals surface area contributed by atoms with Crippen molar-refractivity contribution < 1.29 is 4.79 Å². The molecule has 0 fully saturated rings. The number of nitrogens with one attached hydrogen (secondary N) is 2. The van der Waals surface area contributed by atoms with Crippen LogP contribution in [0, 0.1) is 0 Å². The lowest BCUT2D eigenvalue weighted by Gasteiger charge is -1.95. The van der Waals surface area contributed by atoms with Crippen LogP contribution in [-0.4, -0.2) is 13.0 Å². The Hall–Kier alpha value is 0.01000. The normalized spacial score (nSPS) is 6.44. The molecule has 1 amide bonds. The van der Waals surface area contributed by atoms with Crippen LogP contribution in [-0.2, 0) is 4.79 Å². The molecule has 0 unspecified atom stereocenters. The monoisotopic (exact) mass is 174 g/mol. The van der Waals surface area contributed by atoms with Crippen molar-refractivity contribution in [1.82, 2.24) is 10.9 Å². The van der Waals surface area contributed by atoms with E-state index >= 15 is 0 Å². The van der Waals surface area contributed by atoms with Crippen LogP contribution in [0.2, 0.25) is 0 Å². The third-order valence-corrected chi connectivity index (χ3v) is 0.586. The van der Waals surface area contributed by atoms with E-state index < -0.39 is 0 Å². The molecule has 0 aromatic carbocycles. The molecule has 0 aliphatic carbocycles. The third kappa shape index (κ3) is 11.5. The molecule has 0 aromatic heterocycles. The van der Waals surface area contributed by atoms with Crippen molar-refractivity contribution in [3.05, 3.63) is 0 Å². The Bertz CT molecular complexity index is 69.6. The maximum Gasteiger partial charge on any atom is 0.233 e. The van der Waals surface area contributed by atoms with Gasteiger partial charge in [0.1, 0.15) is 0 Å². The summed E-state index contributed by atoms with van der Waals surface area (Å²) in [6.07, 6.45) is 0.529. The fraction of sp³-hybridized carbons (Fsp3) is 0.750. The van der Waals surface area contributed by atoms with E-state index in [-0.39, 0.29) is 30.7 Å². The number of hydrogen-bond acceptors (Lipinski definition) is 2. The van der Waals surface area contributed by atoms with E-state index in [2.05, 4.69) is 10.9 Å².